The maximum atomic E-state index is 12.3. The highest BCUT2D eigenvalue weighted by molar-refractivity contribution is 5.82. The average Bonchev–Trinajstić information content (AvgIpc) is 2.92. The van der Waals surface area contributed by atoms with E-state index in [-0.39, 0.29) is 11.3 Å². The number of rotatable bonds is 5. The Labute approximate surface area is 107 Å². The Balaban J connectivity index is 1.82. The molecule has 1 aliphatic rings. The molecule has 18 heavy (non-hydrogen) atoms. The SMILES string of the molecule is CCC1(C(=O)NCCn2ccnn2)CCNCC1. The smallest absolute Gasteiger partial charge is 0.226 e. The Morgan fingerprint density at radius 3 is 2.89 bits per heavy atom. The van der Waals surface area contributed by atoms with Crippen molar-refractivity contribution in [1.82, 2.24) is 25.6 Å². The Bertz CT molecular complexity index is 370. The topological polar surface area (TPSA) is 71.8 Å². The lowest BCUT2D eigenvalue weighted by molar-refractivity contribution is -0.132. The molecule has 0 atom stereocenters. The van der Waals surface area contributed by atoms with Gasteiger partial charge in [-0.1, -0.05) is 12.1 Å². The number of carbonyl (C=O) groups excluding carboxylic acids is 1. The van der Waals surface area contributed by atoms with Gasteiger partial charge in [-0.15, -0.1) is 5.10 Å². The van der Waals surface area contributed by atoms with E-state index in [0.717, 1.165) is 32.4 Å². The normalized spacial score (nSPS) is 18.5. The van der Waals surface area contributed by atoms with Crippen LogP contribution in [0.5, 0.6) is 0 Å². The Kier molecular flexibility index (Phi) is 4.30. The summed E-state index contributed by atoms with van der Waals surface area (Å²) in [4.78, 5) is 12.3. The molecular weight excluding hydrogens is 230 g/mol. The van der Waals surface area contributed by atoms with Gasteiger partial charge in [0.2, 0.25) is 5.91 Å². The molecule has 0 bridgehead atoms. The van der Waals surface area contributed by atoms with Crippen molar-refractivity contribution in [2.75, 3.05) is 19.6 Å². The second-order valence-corrected chi connectivity index (χ2v) is 4.81. The predicted molar refractivity (Wildman–Crippen MR) is 67.9 cm³/mol. The molecule has 0 saturated carbocycles. The minimum absolute atomic E-state index is 0.173. The van der Waals surface area contributed by atoms with Crippen molar-refractivity contribution in [2.24, 2.45) is 5.41 Å². The predicted octanol–water partition coefficient (Wildman–Crippen LogP) is 0.174. The first kappa shape index (κ1) is 13.0. The molecule has 1 fully saturated rings. The van der Waals surface area contributed by atoms with Crippen LogP contribution in [0, 0.1) is 5.41 Å². The van der Waals surface area contributed by atoms with Crippen LogP contribution in [0.1, 0.15) is 26.2 Å². The van der Waals surface area contributed by atoms with E-state index in [1.807, 2.05) is 0 Å². The van der Waals surface area contributed by atoms with Crippen molar-refractivity contribution in [3.05, 3.63) is 12.4 Å². The van der Waals surface area contributed by atoms with Crippen LogP contribution >= 0.6 is 0 Å². The lowest BCUT2D eigenvalue weighted by atomic mass is 9.76. The van der Waals surface area contributed by atoms with Gasteiger partial charge in [-0.05, 0) is 32.4 Å². The molecule has 2 rings (SSSR count). The van der Waals surface area contributed by atoms with E-state index in [1.165, 1.54) is 0 Å². The minimum Gasteiger partial charge on any atom is -0.354 e. The monoisotopic (exact) mass is 251 g/mol. The molecule has 6 heteroatoms. The minimum atomic E-state index is -0.173. The van der Waals surface area contributed by atoms with E-state index < -0.39 is 0 Å². The van der Waals surface area contributed by atoms with E-state index >= 15 is 0 Å². The van der Waals surface area contributed by atoms with Crippen LogP contribution in [0.25, 0.3) is 0 Å². The van der Waals surface area contributed by atoms with Gasteiger partial charge >= 0.3 is 0 Å². The number of hydrogen-bond acceptors (Lipinski definition) is 4. The van der Waals surface area contributed by atoms with Crippen molar-refractivity contribution in [1.29, 1.82) is 0 Å². The molecule has 0 aromatic carbocycles. The maximum Gasteiger partial charge on any atom is 0.226 e. The van der Waals surface area contributed by atoms with Gasteiger partial charge in [-0.2, -0.15) is 0 Å². The fourth-order valence-electron chi connectivity index (χ4n) is 2.47. The van der Waals surface area contributed by atoms with E-state index in [1.54, 1.807) is 17.1 Å². The lowest BCUT2D eigenvalue weighted by Gasteiger charge is -2.35. The van der Waals surface area contributed by atoms with Gasteiger partial charge in [-0.3, -0.25) is 9.48 Å². The van der Waals surface area contributed by atoms with Crippen LogP contribution in [0.2, 0.25) is 0 Å². The summed E-state index contributed by atoms with van der Waals surface area (Å²) in [5.74, 6) is 0.187. The molecule has 1 aromatic rings. The molecule has 0 spiro atoms. The van der Waals surface area contributed by atoms with E-state index in [4.69, 9.17) is 0 Å². The first-order chi connectivity index (χ1) is 8.77. The summed E-state index contributed by atoms with van der Waals surface area (Å²) in [6, 6.07) is 0. The Morgan fingerprint density at radius 1 is 1.50 bits per heavy atom. The van der Waals surface area contributed by atoms with Crippen LogP contribution in [0.4, 0.5) is 0 Å². The summed E-state index contributed by atoms with van der Waals surface area (Å²) in [6.07, 6.45) is 6.20. The molecule has 0 aliphatic carbocycles. The highest BCUT2D eigenvalue weighted by Crippen LogP contribution is 2.32. The molecule has 1 saturated heterocycles. The molecule has 1 aromatic heterocycles. The fourth-order valence-corrected chi connectivity index (χ4v) is 2.47. The Hall–Kier alpha value is -1.43. The third kappa shape index (κ3) is 2.87. The standard InChI is InChI=1S/C12H21N5O/c1-2-12(3-5-13-6-4-12)11(18)14-7-9-17-10-8-15-16-17/h8,10,13H,2-7,9H2,1H3,(H,14,18). The Morgan fingerprint density at radius 2 is 2.28 bits per heavy atom. The third-order valence-corrected chi connectivity index (χ3v) is 3.82. The van der Waals surface area contributed by atoms with Crippen molar-refractivity contribution >= 4 is 5.91 Å². The number of piperidine rings is 1. The second kappa shape index (κ2) is 5.95. The highest BCUT2D eigenvalue weighted by atomic mass is 16.2. The van der Waals surface area contributed by atoms with E-state index in [9.17, 15) is 4.79 Å². The quantitative estimate of drug-likeness (QED) is 0.783. The summed E-state index contributed by atoms with van der Waals surface area (Å²) in [5, 5.41) is 13.9. The summed E-state index contributed by atoms with van der Waals surface area (Å²) >= 11 is 0. The largest absolute Gasteiger partial charge is 0.354 e. The summed E-state index contributed by atoms with van der Waals surface area (Å²) in [6.45, 7) is 5.25. The molecule has 2 N–H and O–H groups in total. The second-order valence-electron chi connectivity index (χ2n) is 4.81. The van der Waals surface area contributed by atoms with Crippen molar-refractivity contribution in [3.8, 4) is 0 Å². The molecular formula is C12H21N5O. The van der Waals surface area contributed by atoms with E-state index in [2.05, 4.69) is 27.9 Å². The van der Waals surface area contributed by atoms with Gasteiger partial charge in [0.1, 0.15) is 0 Å². The summed E-state index contributed by atoms with van der Waals surface area (Å²) in [5.41, 5.74) is -0.173. The highest BCUT2D eigenvalue weighted by Gasteiger charge is 2.37. The zero-order valence-corrected chi connectivity index (χ0v) is 10.9. The molecule has 0 unspecified atom stereocenters. The zero-order valence-electron chi connectivity index (χ0n) is 10.9. The molecule has 1 amide bonds. The molecule has 2 heterocycles. The zero-order chi connectivity index (χ0) is 12.8. The number of amides is 1. The van der Waals surface area contributed by atoms with Gasteiger partial charge in [0.15, 0.2) is 0 Å². The van der Waals surface area contributed by atoms with Crippen LogP contribution in [0.15, 0.2) is 12.4 Å². The van der Waals surface area contributed by atoms with Crippen molar-refractivity contribution in [2.45, 2.75) is 32.7 Å². The molecule has 0 radical (unpaired) electrons. The number of carbonyl (C=O) groups is 1. The van der Waals surface area contributed by atoms with Crippen LogP contribution in [-0.4, -0.2) is 40.5 Å². The summed E-state index contributed by atoms with van der Waals surface area (Å²) in [7, 11) is 0. The van der Waals surface area contributed by atoms with Crippen LogP contribution in [0.3, 0.4) is 0 Å². The molecule has 1 aliphatic heterocycles. The van der Waals surface area contributed by atoms with Gasteiger partial charge < -0.3 is 10.6 Å². The van der Waals surface area contributed by atoms with Gasteiger partial charge in [0, 0.05) is 12.7 Å². The average molecular weight is 251 g/mol. The third-order valence-electron chi connectivity index (χ3n) is 3.82. The van der Waals surface area contributed by atoms with Crippen LogP contribution < -0.4 is 10.6 Å². The van der Waals surface area contributed by atoms with E-state index in [0.29, 0.717) is 13.1 Å². The summed E-state index contributed by atoms with van der Waals surface area (Å²) < 4.78 is 1.72. The number of nitrogens with zero attached hydrogens (tertiary/aromatic N) is 3. The maximum absolute atomic E-state index is 12.3. The van der Waals surface area contributed by atoms with Gasteiger partial charge in [-0.25, -0.2) is 0 Å². The molecule has 6 nitrogen and oxygen atoms in total. The van der Waals surface area contributed by atoms with Crippen molar-refractivity contribution < 1.29 is 4.79 Å². The first-order valence-electron chi connectivity index (χ1n) is 6.60. The van der Waals surface area contributed by atoms with Crippen molar-refractivity contribution in [3.63, 3.8) is 0 Å². The van der Waals surface area contributed by atoms with Gasteiger partial charge in [0.05, 0.1) is 18.2 Å². The number of aromatic nitrogens is 3. The molecule has 100 valence electrons. The number of hydrogen-bond donors (Lipinski definition) is 2. The fraction of sp³-hybridized carbons (Fsp3) is 0.750. The number of nitrogens with one attached hydrogen (secondary N) is 2. The van der Waals surface area contributed by atoms with Gasteiger partial charge in [0.25, 0.3) is 0 Å². The first-order valence-corrected chi connectivity index (χ1v) is 6.60. The lowest BCUT2D eigenvalue weighted by Crippen LogP contribution is -2.47. The van der Waals surface area contributed by atoms with Crippen LogP contribution in [-0.2, 0) is 11.3 Å².